The highest BCUT2D eigenvalue weighted by molar-refractivity contribution is 7.71. The maximum absolute atomic E-state index is 5.16. The van der Waals surface area contributed by atoms with Crippen LogP contribution in [0.5, 0.6) is 0 Å². The fourth-order valence-electron chi connectivity index (χ4n) is 1.49. The minimum atomic E-state index is 0.385. The molecule has 4 nitrogen and oxygen atoms in total. The van der Waals surface area contributed by atoms with Gasteiger partial charge in [-0.25, -0.2) is 0 Å². The summed E-state index contributed by atoms with van der Waals surface area (Å²) in [7, 11) is 4.14. The molecule has 1 aromatic heterocycles. The van der Waals surface area contributed by atoms with Crippen LogP contribution in [0.1, 0.15) is 19.9 Å². The molecular weight excluding hydrogens is 196 g/mol. The summed E-state index contributed by atoms with van der Waals surface area (Å²) in [5.74, 6) is 0.543. The molecule has 1 unspecified atom stereocenters. The first kappa shape index (κ1) is 11.4. The molecule has 1 rings (SSSR count). The van der Waals surface area contributed by atoms with E-state index in [1.165, 1.54) is 0 Å². The molecular formula is C9H18N4S. The quantitative estimate of drug-likeness (QED) is 0.775. The van der Waals surface area contributed by atoms with E-state index in [0.717, 1.165) is 6.54 Å². The van der Waals surface area contributed by atoms with Gasteiger partial charge in [-0.1, -0.05) is 13.8 Å². The van der Waals surface area contributed by atoms with Gasteiger partial charge in [0, 0.05) is 6.54 Å². The first-order chi connectivity index (χ1) is 6.52. The maximum atomic E-state index is 5.16. The normalized spacial score (nSPS) is 13.9. The Hall–Kier alpha value is -0.680. The van der Waals surface area contributed by atoms with Gasteiger partial charge in [-0.15, -0.1) is 0 Å². The Balaban J connectivity index is 2.89. The zero-order valence-corrected chi connectivity index (χ0v) is 10.0. The molecule has 1 aromatic rings. The summed E-state index contributed by atoms with van der Waals surface area (Å²) in [6.45, 7) is 5.37. The first-order valence-corrected chi connectivity index (χ1v) is 5.19. The predicted octanol–water partition coefficient (Wildman–Crippen LogP) is 1.70. The Morgan fingerprint density at radius 2 is 2.21 bits per heavy atom. The van der Waals surface area contributed by atoms with E-state index in [-0.39, 0.29) is 0 Å². The van der Waals surface area contributed by atoms with E-state index < -0.39 is 0 Å². The number of nitrogens with one attached hydrogen (secondary N) is 1. The Kier molecular flexibility index (Phi) is 3.83. The summed E-state index contributed by atoms with van der Waals surface area (Å²) in [4.78, 5) is 2.17. The van der Waals surface area contributed by atoms with E-state index in [4.69, 9.17) is 12.2 Å². The van der Waals surface area contributed by atoms with Crippen molar-refractivity contribution in [3.05, 3.63) is 11.1 Å². The van der Waals surface area contributed by atoms with Gasteiger partial charge < -0.3 is 9.47 Å². The molecule has 0 bridgehead atoms. The zero-order chi connectivity index (χ0) is 10.7. The number of rotatable bonds is 4. The van der Waals surface area contributed by atoms with Crippen molar-refractivity contribution in [1.82, 2.24) is 19.7 Å². The molecule has 0 aliphatic heterocycles. The van der Waals surface area contributed by atoms with Crippen LogP contribution >= 0.6 is 12.2 Å². The number of H-pyrrole nitrogens is 1. The van der Waals surface area contributed by atoms with Crippen molar-refractivity contribution in [3.8, 4) is 0 Å². The molecule has 0 aliphatic rings. The topological polar surface area (TPSA) is 36.9 Å². The van der Waals surface area contributed by atoms with E-state index in [0.29, 0.717) is 16.7 Å². The van der Waals surface area contributed by atoms with E-state index in [1.54, 1.807) is 6.33 Å². The lowest BCUT2D eigenvalue weighted by molar-refractivity contribution is 0.267. The van der Waals surface area contributed by atoms with Crippen molar-refractivity contribution < 1.29 is 0 Å². The molecule has 0 saturated heterocycles. The Morgan fingerprint density at radius 3 is 2.57 bits per heavy atom. The monoisotopic (exact) mass is 214 g/mol. The van der Waals surface area contributed by atoms with Crippen LogP contribution < -0.4 is 0 Å². The smallest absolute Gasteiger partial charge is 0.195 e. The second-order valence-corrected chi connectivity index (χ2v) is 4.53. The molecule has 0 saturated carbocycles. The van der Waals surface area contributed by atoms with Gasteiger partial charge in [0.25, 0.3) is 0 Å². The van der Waals surface area contributed by atoms with Crippen LogP contribution in [-0.2, 0) is 0 Å². The molecule has 1 atom stereocenters. The summed E-state index contributed by atoms with van der Waals surface area (Å²) < 4.78 is 2.73. The van der Waals surface area contributed by atoms with Crippen LogP contribution in [0.3, 0.4) is 0 Å². The SMILES string of the molecule is CC(C)C(CN(C)C)n1cn[nH]c1=S. The van der Waals surface area contributed by atoms with Gasteiger partial charge >= 0.3 is 0 Å². The molecule has 14 heavy (non-hydrogen) atoms. The summed E-state index contributed by atoms with van der Waals surface area (Å²) in [6, 6.07) is 0.385. The largest absolute Gasteiger partial charge is 0.307 e. The van der Waals surface area contributed by atoms with Crippen molar-refractivity contribution in [3.63, 3.8) is 0 Å². The van der Waals surface area contributed by atoms with Crippen molar-refractivity contribution in [1.29, 1.82) is 0 Å². The van der Waals surface area contributed by atoms with E-state index in [1.807, 2.05) is 4.57 Å². The van der Waals surface area contributed by atoms with E-state index in [9.17, 15) is 0 Å². The number of hydrogen-bond donors (Lipinski definition) is 1. The summed E-state index contributed by atoms with van der Waals surface area (Å²) in [6.07, 6.45) is 1.77. The average Bonchev–Trinajstić information content (AvgIpc) is 2.46. The molecule has 0 spiro atoms. The Bertz CT molecular complexity index is 326. The van der Waals surface area contributed by atoms with Gasteiger partial charge in [0.2, 0.25) is 0 Å². The van der Waals surface area contributed by atoms with Gasteiger partial charge in [-0.05, 0) is 32.2 Å². The van der Waals surface area contributed by atoms with E-state index >= 15 is 0 Å². The van der Waals surface area contributed by atoms with Crippen LogP contribution in [0.4, 0.5) is 0 Å². The Morgan fingerprint density at radius 1 is 1.57 bits per heavy atom. The fourth-order valence-corrected chi connectivity index (χ4v) is 1.72. The van der Waals surface area contributed by atoms with Crippen LogP contribution in [-0.4, -0.2) is 40.3 Å². The standard InChI is InChI=1S/C9H18N4S/c1-7(2)8(5-12(3)4)13-6-10-11-9(13)14/h6-8H,5H2,1-4H3,(H,11,14). The number of hydrogen-bond acceptors (Lipinski definition) is 3. The molecule has 1 N–H and O–H groups in total. The number of aromatic nitrogens is 3. The summed E-state index contributed by atoms with van der Waals surface area (Å²) >= 11 is 5.16. The molecule has 5 heteroatoms. The maximum Gasteiger partial charge on any atom is 0.195 e. The van der Waals surface area contributed by atoms with Crippen molar-refractivity contribution in [2.45, 2.75) is 19.9 Å². The lowest BCUT2D eigenvalue weighted by Crippen LogP contribution is -2.27. The van der Waals surface area contributed by atoms with Crippen LogP contribution in [0, 0.1) is 10.7 Å². The number of likely N-dealkylation sites (N-methyl/N-ethyl adjacent to an activating group) is 1. The minimum absolute atomic E-state index is 0.385. The molecule has 0 radical (unpaired) electrons. The predicted molar refractivity (Wildman–Crippen MR) is 59.8 cm³/mol. The minimum Gasteiger partial charge on any atom is -0.307 e. The highest BCUT2D eigenvalue weighted by Crippen LogP contribution is 2.17. The molecule has 80 valence electrons. The van der Waals surface area contributed by atoms with Crippen LogP contribution in [0.2, 0.25) is 0 Å². The van der Waals surface area contributed by atoms with Gasteiger partial charge in [0.05, 0.1) is 6.04 Å². The zero-order valence-electron chi connectivity index (χ0n) is 9.19. The van der Waals surface area contributed by atoms with Gasteiger partial charge in [-0.2, -0.15) is 5.10 Å². The van der Waals surface area contributed by atoms with Crippen LogP contribution in [0.25, 0.3) is 0 Å². The third-order valence-corrected chi connectivity index (χ3v) is 2.56. The number of aromatic amines is 1. The third-order valence-electron chi connectivity index (χ3n) is 2.26. The van der Waals surface area contributed by atoms with Gasteiger partial charge in [0.1, 0.15) is 6.33 Å². The van der Waals surface area contributed by atoms with Gasteiger partial charge in [-0.3, -0.25) is 5.10 Å². The van der Waals surface area contributed by atoms with Gasteiger partial charge in [0.15, 0.2) is 4.77 Å². The molecule has 0 aromatic carbocycles. The summed E-state index contributed by atoms with van der Waals surface area (Å²) in [5, 5.41) is 6.73. The highest BCUT2D eigenvalue weighted by Gasteiger charge is 2.16. The average molecular weight is 214 g/mol. The third kappa shape index (κ3) is 2.65. The summed E-state index contributed by atoms with van der Waals surface area (Å²) in [5.41, 5.74) is 0. The molecule has 0 amide bonds. The molecule has 1 heterocycles. The first-order valence-electron chi connectivity index (χ1n) is 4.78. The number of nitrogens with zero attached hydrogens (tertiary/aromatic N) is 3. The Labute approximate surface area is 89.9 Å². The van der Waals surface area contributed by atoms with E-state index in [2.05, 4.69) is 43.0 Å². The lowest BCUT2D eigenvalue weighted by Gasteiger charge is -2.25. The molecule has 0 aliphatic carbocycles. The van der Waals surface area contributed by atoms with Crippen LogP contribution in [0.15, 0.2) is 6.33 Å². The van der Waals surface area contributed by atoms with Crippen molar-refractivity contribution >= 4 is 12.2 Å². The second-order valence-electron chi connectivity index (χ2n) is 4.14. The van der Waals surface area contributed by atoms with Crippen molar-refractivity contribution in [2.75, 3.05) is 20.6 Å². The van der Waals surface area contributed by atoms with Crippen molar-refractivity contribution in [2.24, 2.45) is 5.92 Å². The highest BCUT2D eigenvalue weighted by atomic mass is 32.1. The second kappa shape index (κ2) is 4.70. The fraction of sp³-hybridized carbons (Fsp3) is 0.778. The molecule has 0 fully saturated rings. The lowest BCUT2D eigenvalue weighted by atomic mass is 10.0.